The van der Waals surface area contributed by atoms with Crippen molar-refractivity contribution < 1.29 is 18.6 Å². The number of fused-ring (bicyclic) bond motifs is 1. The Hall–Kier alpha value is -4.38. The van der Waals surface area contributed by atoms with E-state index in [2.05, 4.69) is 20.2 Å². The number of rotatable bonds is 8. The zero-order valence-corrected chi connectivity index (χ0v) is 21.0. The Labute approximate surface area is 216 Å². The first kappa shape index (κ1) is 25.3. The number of aromatic amines is 1. The second-order valence-electron chi connectivity index (χ2n) is 9.55. The van der Waals surface area contributed by atoms with Gasteiger partial charge >= 0.3 is 6.61 Å². The maximum atomic E-state index is 13.2. The number of halogens is 2. The Morgan fingerprint density at radius 3 is 2.50 bits per heavy atom. The quantitative estimate of drug-likeness (QED) is 0.320. The fraction of sp³-hybridized carbons (Fsp3) is 0.259. The average molecular weight is 521 g/mol. The molecule has 0 aliphatic rings. The molecule has 0 saturated heterocycles. The topological polar surface area (TPSA) is 111 Å². The largest absolute Gasteiger partial charge is 0.434 e. The van der Waals surface area contributed by atoms with Gasteiger partial charge in [0.25, 0.3) is 5.56 Å². The molecule has 3 aromatic heterocycles. The Kier molecular flexibility index (Phi) is 6.53. The lowest BCUT2D eigenvalue weighted by molar-refractivity contribution is -0.0505. The summed E-state index contributed by atoms with van der Waals surface area (Å²) < 4.78 is 34.4. The van der Waals surface area contributed by atoms with Crippen LogP contribution in [0, 0.1) is 0 Å². The predicted octanol–water partition coefficient (Wildman–Crippen LogP) is 3.99. The van der Waals surface area contributed by atoms with Gasteiger partial charge in [0.05, 0.1) is 17.4 Å². The van der Waals surface area contributed by atoms with Crippen LogP contribution in [0.1, 0.15) is 36.5 Å². The molecular weight excluding hydrogens is 494 g/mol. The number of ether oxygens (including phenoxy) is 1. The maximum absolute atomic E-state index is 13.2. The van der Waals surface area contributed by atoms with Gasteiger partial charge in [-0.1, -0.05) is 12.1 Å². The third-order valence-corrected chi connectivity index (χ3v) is 6.31. The Balaban J connectivity index is 1.56. The molecule has 0 unspecified atom stereocenters. The van der Waals surface area contributed by atoms with E-state index in [-0.39, 0.29) is 17.9 Å². The fourth-order valence-corrected chi connectivity index (χ4v) is 4.38. The molecule has 2 N–H and O–H groups in total. The summed E-state index contributed by atoms with van der Waals surface area (Å²) in [6.45, 7) is 0.335. The highest BCUT2D eigenvalue weighted by Gasteiger charge is 2.20. The first-order valence-electron chi connectivity index (χ1n) is 11.9. The Morgan fingerprint density at radius 1 is 1.08 bits per heavy atom. The minimum absolute atomic E-state index is 0.0365. The zero-order chi connectivity index (χ0) is 27.0. The molecule has 11 heteroatoms. The van der Waals surface area contributed by atoms with Crippen LogP contribution in [-0.2, 0) is 25.6 Å². The SMILES string of the molecule is Cn1c(=O)c2ccc(-c3cnc(C(C)(C)O)nc3)cc2n1Cc1cc(Cc2ccn[nH]2)ccc1OC(F)F. The molecule has 5 rings (SSSR count). The summed E-state index contributed by atoms with van der Waals surface area (Å²) >= 11 is 0. The summed E-state index contributed by atoms with van der Waals surface area (Å²) in [6, 6.07) is 12.2. The molecule has 0 aliphatic heterocycles. The van der Waals surface area contributed by atoms with Gasteiger partial charge in [-0.15, -0.1) is 0 Å². The molecule has 3 heterocycles. The number of benzene rings is 2. The molecule has 0 bridgehead atoms. The molecular formula is C27H26F2N6O3. The molecule has 0 aliphatic carbocycles. The number of H-pyrrole nitrogens is 1. The predicted molar refractivity (Wildman–Crippen MR) is 137 cm³/mol. The monoisotopic (exact) mass is 520 g/mol. The third kappa shape index (κ3) is 5.05. The molecule has 196 valence electrons. The summed E-state index contributed by atoms with van der Waals surface area (Å²) in [5.41, 5.74) is 2.93. The van der Waals surface area contributed by atoms with Crippen molar-refractivity contribution in [3.05, 3.63) is 94.1 Å². The van der Waals surface area contributed by atoms with E-state index in [1.807, 2.05) is 12.1 Å². The van der Waals surface area contributed by atoms with Crippen LogP contribution in [0.4, 0.5) is 8.78 Å². The van der Waals surface area contributed by atoms with Crippen LogP contribution in [0.5, 0.6) is 5.75 Å². The Bertz CT molecular complexity index is 1630. The summed E-state index contributed by atoms with van der Waals surface area (Å²) in [7, 11) is 1.63. The van der Waals surface area contributed by atoms with E-state index in [0.29, 0.717) is 34.3 Å². The van der Waals surface area contributed by atoms with E-state index in [0.717, 1.165) is 16.8 Å². The van der Waals surface area contributed by atoms with Crippen molar-refractivity contribution >= 4 is 10.9 Å². The van der Waals surface area contributed by atoms with Gasteiger partial charge in [0.15, 0.2) is 5.82 Å². The average Bonchev–Trinajstić information content (AvgIpc) is 3.47. The van der Waals surface area contributed by atoms with E-state index in [1.165, 1.54) is 10.7 Å². The zero-order valence-electron chi connectivity index (χ0n) is 21.0. The van der Waals surface area contributed by atoms with Gasteiger partial charge in [0.2, 0.25) is 0 Å². The number of aliphatic hydroxyl groups is 1. The number of hydrogen-bond donors (Lipinski definition) is 2. The lowest BCUT2D eigenvalue weighted by Crippen LogP contribution is -2.20. The molecule has 0 saturated carbocycles. The van der Waals surface area contributed by atoms with Gasteiger partial charge in [-0.25, -0.2) is 9.97 Å². The van der Waals surface area contributed by atoms with Crippen LogP contribution in [0.25, 0.3) is 22.0 Å². The van der Waals surface area contributed by atoms with Crippen molar-refractivity contribution in [3.63, 3.8) is 0 Å². The fourth-order valence-electron chi connectivity index (χ4n) is 4.38. The van der Waals surface area contributed by atoms with E-state index < -0.39 is 12.2 Å². The van der Waals surface area contributed by atoms with Crippen LogP contribution in [0.3, 0.4) is 0 Å². The summed E-state index contributed by atoms with van der Waals surface area (Å²) in [5.74, 6) is 0.329. The first-order chi connectivity index (χ1) is 18.1. The van der Waals surface area contributed by atoms with Crippen LogP contribution in [0.15, 0.2) is 65.8 Å². The standard InChI is InChI=1S/C27H26F2N6O3/c1-27(2,37)25-30-13-19(14-31-25)17-5-6-21-22(12-17)35(34(3)24(21)36)15-18-10-16(11-20-8-9-32-33-20)4-7-23(18)38-26(28)29/h4-10,12-14,26,37H,11,15H2,1-3H3,(H,32,33). The minimum Gasteiger partial charge on any atom is -0.434 e. The normalized spacial score (nSPS) is 12.0. The number of aromatic nitrogens is 6. The van der Waals surface area contributed by atoms with Crippen LogP contribution >= 0.6 is 0 Å². The maximum Gasteiger partial charge on any atom is 0.387 e. The molecule has 0 spiro atoms. The van der Waals surface area contributed by atoms with Crippen LogP contribution in [0.2, 0.25) is 0 Å². The lowest BCUT2D eigenvalue weighted by atomic mass is 10.0. The van der Waals surface area contributed by atoms with Crippen LogP contribution < -0.4 is 10.3 Å². The molecule has 5 aromatic rings. The number of nitrogens with zero attached hydrogens (tertiary/aromatic N) is 5. The van der Waals surface area contributed by atoms with Gasteiger partial charge in [-0.3, -0.25) is 19.3 Å². The molecule has 38 heavy (non-hydrogen) atoms. The van der Waals surface area contributed by atoms with E-state index in [9.17, 15) is 18.7 Å². The smallest absolute Gasteiger partial charge is 0.387 e. The van der Waals surface area contributed by atoms with Gasteiger partial charge in [0, 0.05) is 48.9 Å². The minimum atomic E-state index is -2.99. The first-order valence-corrected chi connectivity index (χ1v) is 11.9. The van der Waals surface area contributed by atoms with Crippen molar-refractivity contribution in [1.29, 1.82) is 0 Å². The van der Waals surface area contributed by atoms with Crippen molar-refractivity contribution in [3.8, 4) is 16.9 Å². The van der Waals surface area contributed by atoms with Crippen molar-refractivity contribution in [2.45, 2.75) is 39.0 Å². The number of hydrogen-bond acceptors (Lipinski definition) is 6. The summed E-state index contributed by atoms with van der Waals surface area (Å²) in [5, 5.41) is 17.5. The van der Waals surface area contributed by atoms with Crippen molar-refractivity contribution in [2.24, 2.45) is 7.05 Å². The van der Waals surface area contributed by atoms with Gasteiger partial charge in [0.1, 0.15) is 11.4 Å². The Morgan fingerprint density at radius 2 is 1.84 bits per heavy atom. The highest BCUT2D eigenvalue weighted by atomic mass is 19.3. The second kappa shape index (κ2) is 9.82. The molecule has 0 amide bonds. The summed E-state index contributed by atoms with van der Waals surface area (Å²) in [6.07, 6.45) is 5.39. The molecule has 9 nitrogen and oxygen atoms in total. The van der Waals surface area contributed by atoms with Gasteiger partial charge < -0.3 is 9.84 Å². The third-order valence-electron chi connectivity index (χ3n) is 6.31. The highest BCUT2D eigenvalue weighted by molar-refractivity contribution is 5.84. The van der Waals surface area contributed by atoms with E-state index in [1.54, 1.807) is 68.4 Å². The number of alkyl halides is 2. The lowest BCUT2D eigenvalue weighted by Gasteiger charge is -2.16. The number of nitrogens with one attached hydrogen (secondary N) is 1. The molecule has 0 radical (unpaired) electrons. The highest BCUT2D eigenvalue weighted by Crippen LogP contribution is 2.28. The second-order valence-corrected chi connectivity index (χ2v) is 9.55. The van der Waals surface area contributed by atoms with Crippen LogP contribution in [-0.4, -0.2) is 41.2 Å². The summed E-state index contributed by atoms with van der Waals surface area (Å²) in [4.78, 5) is 21.5. The van der Waals surface area contributed by atoms with E-state index >= 15 is 0 Å². The molecule has 0 fully saturated rings. The van der Waals surface area contributed by atoms with Crippen molar-refractivity contribution in [2.75, 3.05) is 0 Å². The molecule has 0 atom stereocenters. The molecule has 2 aromatic carbocycles. The van der Waals surface area contributed by atoms with E-state index in [4.69, 9.17) is 4.74 Å². The van der Waals surface area contributed by atoms with Gasteiger partial charge in [-0.2, -0.15) is 13.9 Å². The van der Waals surface area contributed by atoms with Gasteiger partial charge in [-0.05, 0) is 55.3 Å². The van der Waals surface area contributed by atoms with Crippen molar-refractivity contribution in [1.82, 2.24) is 29.5 Å².